The first-order valence-electron chi connectivity index (χ1n) is 4.09. The van der Waals surface area contributed by atoms with Crippen molar-refractivity contribution in [2.75, 3.05) is 0 Å². The first-order chi connectivity index (χ1) is 7.09. The van der Waals surface area contributed by atoms with Crippen molar-refractivity contribution in [2.45, 2.75) is 0 Å². The number of carbonyl (C=O) groups excluding carboxylic acids is 1. The number of allylic oxidation sites excluding steroid dienone is 3. The van der Waals surface area contributed by atoms with Crippen LogP contribution in [0.15, 0.2) is 47.0 Å². The van der Waals surface area contributed by atoms with Gasteiger partial charge >= 0.3 is 0 Å². The van der Waals surface area contributed by atoms with Gasteiger partial charge in [-0.25, -0.2) is 4.39 Å². The highest BCUT2D eigenvalue weighted by Gasteiger charge is 2.00. The number of benzene rings is 1. The first-order valence-corrected chi connectivity index (χ1v) is 4.84. The minimum absolute atomic E-state index is 0.0677. The number of rotatable bonds is 3. The summed E-state index contributed by atoms with van der Waals surface area (Å²) in [5.74, 6) is -0.611. The van der Waals surface area contributed by atoms with Gasteiger partial charge in [0, 0.05) is 5.56 Å². The van der Waals surface area contributed by atoms with Crippen LogP contribution in [0.5, 0.6) is 0 Å². The highest BCUT2D eigenvalue weighted by Crippen LogP contribution is 2.07. The van der Waals surface area contributed by atoms with Gasteiger partial charge in [0.25, 0.3) is 0 Å². The van der Waals surface area contributed by atoms with E-state index in [1.165, 1.54) is 42.5 Å². The van der Waals surface area contributed by atoms with E-state index in [1.54, 1.807) is 0 Å². The Morgan fingerprint density at radius 2 is 1.80 bits per heavy atom. The molecule has 0 saturated carbocycles. The van der Waals surface area contributed by atoms with Gasteiger partial charge in [0.2, 0.25) is 0 Å². The number of ketones is 1. The van der Waals surface area contributed by atoms with Crippen LogP contribution in [0.2, 0.25) is 0 Å². The molecular formula is C11H7Cl2FO. The minimum Gasteiger partial charge on any atom is -0.289 e. The van der Waals surface area contributed by atoms with Gasteiger partial charge in [0.15, 0.2) is 5.78 Å². The number of carbonyl (C=O) groups is 1. The number of hydrogen-bond donors (Lipinski definition) is 0. The Morgan fingerprint density at radius 1 is 1.20 bits per heavy atom. The Labute approximate surface area is 96.8 Å². The van der Waals surface area contributed by atoms with Crippen molar-refractivity contribution in [2.24, 2.45) is 0 Å². The summed E-state index contributed by atoms with van der Waals surface area (Å²) in [4.78, 5) is 11.4. The lowest BCUT2D eigenvalue weighted by Crippen LogP contribution is -1.93. The van der Waals surface area contributed by atoms with E-state index in [9.17, 15) is 9.18 Å². The Balaban J connectivity index is 2.74. The zero-order valence-electron chi connectivity index (χ0n) is 7.58. The lowest BCUT2D eigenvalue weighted by atomic mass is 10.1. The van der Waals surface area contributed by atoms with E-state index in [4.69, 9.17) is 23.2 Å². The molecule has 0 amide bonds. The van der Waals surface area contributed by atoms with E-state index in [1.807, 2.05) is 0 Å². The van der Waals surface area contributed by atoms with Gasteiger partial charge in [-0.15, -0.1) is 0 Å². The monoisotopic (exact) mass is 244 g/mol. The Kier molecular flexibility index (Phi) is 4.53. The molecule has 0 aliphatic heterocycles. The van der Waals surface area contributed by atoms with Crippen molar-refractivity contribution in [3.8, 4) is 0 Å². The lowest BCUT2D eigenvalue weighted by Gasteiger charge is -1.93. The van der Waals surface area contributed by atoms with Gasteiger partial charge in [-0.3, -0.25) is 4.79 Å². The summed E-state index contributed by atoms with van der Waals surface area (Å²) in [6.07, 6.45) is 4.11. The normalized spacial score (nSPS) is 10.3. The fraction of sp³-hybridized carbons (Fsp3) is 0. The van der Waals surface area contributed by atoms with Crippen molar-refractivity contribution < 1.29 is 9.18 Å². The van der Waals surface area contributed by atoms with E-state index in [-0.39, 0.29) is 16.1 Å². The fourth-order valence-corrected chi connectivity index (χ4v) is 1.06. The Bertz CT molecular complexity index is 403. The summed E-state index contributed by atoms with van der Waals surface area (Å²) in [7, 11) is 0. The SMILES string of the molecule is O=C(/C=C/C=C(Cl)Cl)c1ccc(F)cc1. The highest BCUT2D eigenvalue weighted by molar-refractivity contribution is 6.56. The molecule has 0 aliphatic carbocycles. The van der Waals surface area contributed by atoms with Crippen molar-refractivity contribution in [3.05, 3.63) is 58.4 Å². The van der Waals surface area contributed by atoms with Gasteiger partial charge in [0.1, 0.15) is 10.3 Å². The minimum atomic E-state index is -0.376. The van der Waals surface area contributed by atoms with Crippen molar-refractivity contribution in [1.82, 2.24) is 0 Å². The maximum absolute atomic E-state index is 12.5. The maximum atomic E-state index is 12.5. The van der Waals surface area contributed by atoms with Crippen LogP contribution in [-0.4, -0.2) is 5.78 Å². The third-order valence-corrected chi connectivity index (χ3v) is 1.85. The molecule has 0 atom stereocenters. The van der Waals surface area contributed by atoms with E-state index in [0.717, 1.165) is 0 Å². The second-order valence-electron chi connectivity index (χ2n) is 2.69. The molecule has 78 valence electrons. The predicted octanol–water partition coefficient (Wildman–Crippen LogP) is 3.88. The molecule has 4 heteroatoms. The third kappa shape index (κ3) is 4.28. The van der Waals surface area contributed by atoms with E-state index >= 15 is 0 Å². The molecular weight excluding hydrogens is 238 g/mol. The summed E-state index contributed by atoms with van der Waals surface area (Å²) in [5.41, 5.74) is 0.409. The smallest absolute Gasteiger partial charge is 0.185 e. The average molecular weight is 245 g/mol. The zero-order valence-corrected chi connectivity index (χ0v) is 9.10. The molecule has 0 aromatic heterocycles. The van der Waals surface area contributed by atoms with Gasteiger partial charge in [-0.2, -0.15) is 0 Å². The molecule has 0 N–H and O–H groups in total. The zero-order chi connectivity index (χ0) is 11.3. The molecule has 15 heavy (non-hydrogen) atoms. The average Bonchev–Trinajstić information content (AvgIpc) is 2.18. The van der Waals surface area contributed by atoms with Crippen molar-refractivity contribution >= 4 is 29.0 Å². The number of hydrogen-bond acceptors (Lipinski definition) is 1. The molecule has 1 rings (SSSR count). The summed E-state index contributed by atoms with van der Waals surface area (Å²) < 4.78 is 12.6. The van der Waals surface area contributed by atoms with Crippen LogP contribution in [0, 0.1) is 5.82 Å². The first kappa shape index (κ1) is 12.0. The quantitative estimate of drug-likeness (QED) is 0.448. The highest BCUT2D eigenvalue weighted by atomic mass is 35.5. The third-order valence-electron chi connectivity index (χ3n) is 1.60. The molecule has 0 fully saturated rings. The number of halogens is 3. The molecule has 1 aromatic carbocycles. The van der Waals surface area contributed by atoms with Crippen LogP contribution in [0.4, 0.5) is 4.39 Å². The summed E-state index contributed by atoms with van der Waals surface area (Å²) in [6.45, 7) is 0. The summed E-state index contributed by atoms with van der Waals surface area (Å²) in [6, 6.07) is 5.28. The molecule has 1 nitrogen and oxygen atoms in total. The van der Waals surface area contributed by atoms with Crippen LogP contribution in [0.3, 0.4) is 0 Å². The summed E-state index contributed by atoms with van der Waals surface area (Å²) >= 11 is 10.7. The Hall–Kier alpha value is -1.12. The largest absolute Gasteiger partial charge is 0.289 e. The van der Waals surface area contributed by atoms with E-state index < -0.39 is 0 Å². The molecule has 0 unspecified atom stereocenters. The molecule has 0 radical (unpaired) electrons. The van der Waals surface area contributed by atoms with E-state index in [0.29, 0.717) is 5.56 Å². The van der Waals surface area contributed by atoms with Crippen LogP contribution in [0.1, 0.15) is 10.4 Å². The van der Waals surface area contributed by atoms with Gasteiger partial charge in [0.05, 0.1) is 0 Å². The molecule has 0 saturated heterocycles. The van der Waals surface area contributed by atoms with Gasteiger partial charge in [-0.05, 0) is 36.4 Å². The van der Waals surface area contributed by atoms with E-state index in [2.05, 4.69) is 0 Å². The van der Waals surface area contributed by atoms with Crippen LogP contribution < -0.4 is 0 Å². The molecule has 0 aliphatic rings. The topological polar surface area (TPSA) is 17.1 Å². The van der Waals surface area contributed by atoms with Crippen LogP contribution >= 0.6 is 23.2 Å². The second kappa shape index (κ2) is 5.69. The second-order valence-corrected chi connectivity index (χ2v) is 3.69. The Morgan fingerprint density at radius 3 is 2.33 bits per heavy atom. The predicted molar refractivity (Wildman–Crippen MR) is 59.7 cm³/mol. The molecule has 1 aromatic rings. The van der Waals surface area contributed by atoms with Crippen molar-refractivity contribution in [3.63, 3.8) is 0 Å². The lowest BCUT2D eigenvalue weighted by molar-refractivity contribution is 0.104. The molecule has 0 heterocycles. The van der Waals surface area contributed by atoms with Crippen LogP contribution in [-0.2, 0) is 0 Å². The molecule has 0 bridgehead atoms. The summed E-state index contributed by atoms with van der Waals surface area (Å²) in [5, 5.41) is 0. The van der Waals surface area contributed by atoms with Crippen molar-refractivity contribution in [1.29, 1.82) is 0 Å². The van der Waals surface area contributed by atoms with Crippen LogP contribution in [0.25, 0.3) is 0 Å². The molecule has 0 spiro atoms. The standard InChI is InChI=1S/C11H7Cl2FO/c12-11(13)3-1-2-10(15)8-4-6-9(14)7-5-8/h1-7H/b2-1+. The maximum Gasteiger partial charge on any atom is 0.185 e. The fourth-order valence-electron chi connectivity index (χ4n) is 0.919. The van der Waals surface area contributed by atoms with Gasteiger partial charge < -0.3 is 0 Å². The van der Waals surface area contributed by atoms with Gasteiger partial charge in [-0.1, -0.05) is 29.3 Å².